The van der Waals surface area contributed by atoms with Gasteiger partial charge in [0.2, 0.25) is 0 Å². The van der Waals surface area contributed by atoms with Crippen molar-refractivity contribution < 1.29 is 9.53 Å². The molecular formula is C15H21NO2. The van der Waals surface area contributed by atoms with E-state index in [0.29, 0.717) is 6.54 Å². The number of rotatable bonds is 3. The molecule has 0 bridgehead atoms. The van der Waals surface area contributed by atoms with Crippen LogP contribution in [-0.2, 0) is 16.0 Å². The van der Waals surface area contributed by atoms with E-state index < -0.39 is 5.41 Å². The van der Waals surface area contributed by atoms with Gasteiger partial charge in [0.25, 0.3) is 0 Å². The second-order valence-corrected chi connectivity index (χ2v) is 5.57. The van der Waals surface area contributed by atoms with Gasteiger partial charge in [-0.1, -0.05) is 24.3 Å². The Labute approximate surface area is 108 Å². The highest BCUT2D eigenvalue weighted by molar-refractivity contribution is 5.76. The summed E-state index contributed by atoms with van der Waals surface area (Å²) in [6.45, 7) is 3.95. The van der Waals surface area contributed by atoms with Crippen molar-refractivity contribution in [2.24, 2.45) is 11.1 Å². The second kappa shape index (κ2) is 5.11. The number of ether oxygens (including phenoxy) is 1. The van der Waals surface area contributed by atoms with Gasteiger partial charge in [0.05, 0.1) is 5.41 Å². The lowest BCUT2D eigenvalue weighted by Crippen LogP contribution is -2.35. The molecule has 18 heavy (non-hydrogen) atoms. The molecule has 1 atom stereocenters. The number of esters is 1. The molecule has 0 spiro atoms. The number of carbonyl (C=O) groups is 1. The van der Waals surface area contributed by atoms with E-state index in [0.717, 1.165) is 24.8 Å². The van der Waals surface area contributed by atoms with Crippen molar-refractivity contribution in [3.8, 4) is 0 Å². The van der Waals surface area contributed by atoms with Gasteiger partial charge in [-0.05, 0) is 44.2 Å². The fourth-order valence-corrected chi connectivity index (χ4v) is 2.20. The van der Waals surface area contributed by atoms with Crippen molar-refractivity contribution in [3.63, 3.8) is 0 Å². The first-order valence-electron chi connectivity index (χ1n) is 6.53. The molecule has 0 saturated carbocycles. The maximum absolute atomic E-state index is 12.1. The van der Waals surface area contributed by atoms with Crippen molar-refractivity contribution in [2.45, 2.75) is 39.2 Å². The van der Waals surface area contributed by atoms with Crippen LogP contribution in [0.1, 0.15) is 43.9 Å². The van der Waals surface area contributed by atoms with E-state index >= 15 is 0 Å². The first-order chi connectivity index (χ1) is 8.54. The number of hydrogen-bond acceptors (Lipinski definition) is 3. The van der Waals surface area contributed by atoms with Gasteiger partial charge in [0, 0.05) is 6.54 Å². The third-order valence-electron chi connectivity index (χ3n) is 3.63. The molecule has 98 valence electrons. The van der Waals surface area contributed by atoms with Crippen LogP contribution in [0.15, 0.2) is 24.3 Å². The van der Waals surface area contributed by atoms with Crippen LogP contribution in [0.4, 0.5) is 0 Å². The van der Waals surface area contributed by atoms with Crippen molar-refractivity contribution in [2.75, 3.05) is 6.54 Å². The summed E-state index contributed by atoms with van der Waals surface area (Å²) in [6, 6.07) is 8.21. The van der Waals surface area contributed by atoms with Crippen LogP contribution in [0.2, 0.25) is 0 Å². The Morgan fingerprint density at radius 2 is 2.17 bits per heavy atom. The maximum Gasteiger partial charge on any atom is 0.313 e. The normalized spacial score (nSPS) is 19.2. The van der Waals surface area contributed by atoms with Crippen molar-refractivity contribution in [1.29, 1.82) is 0 Å². The van der Waals surface area contributed by atoms with E-state index in [1.54, 1.807) is 0 Å². The Bertz CT molecular complexity index is 440. The number of hydrogen-bond donors (Lipinski definition) is 1. The SMILES string of the molecule is CC(C)(CN)C(=O)OC1CCCc2ccccc21. The van der Waals surface area contributed by atoms with Crippen molar-refractivity contribution in [3.05, 3.63) is 35.4 Å². The molecule has 0 heterocycles. The fraction of sp³-hybridized carbons (Fsp3) is 0.533. The molecular weight excluding hydrogens is 226 g/mol. The lowest BCUT2D eigenvalue weighted by atomic mass is 9.88. The smallest absolute Gasteiger partial charge is 0.313 e. The third-order valence-corrected chi connectivity index (χ3v) is 3.63. The summed E-state index contributed by atoms with van der Waals surface area (Å²) in [5, 5.41) is 0. The van der Waals surface area contributed by atoms with Crippen LogP contribution in [0.3, 0.4) is 0 Å². The highest BCUT2D eigenvalue weighted by atomic mass is 16.5. The molecule has 0 aliphatic heterocycles. The summed E-state index contributed by atoms with van der Waals surface area (Å²) in [5.41, 5.74) is 7.46. The number of carbonyl (C=O) groups excluding carboxylic acids is 1. The zero-order valence-corrected chi connectivity index (χ0v) is 11.1. The van der Waals surface area contributed by atoms with Crippen LogP contribution in [0.25, 0.3) is 0 Å². The summed E-state index contributed by atoms with van der Waals surface area (Å²) in [4.78, 5) is 12.1. The van der Waals surface area contributed by atoms with Crippen LogP contribution in [0, 0.1) is 5.41 Å². The van der Waals surface area contributed by atoms with Crippen molar-refractivity contribution in [1.82, 2.24) is 0 Å². The summed E-state index contributed by atoms with van der Waals surface area (Å²) >= 11 is 0. The van der Waals surface area contributed by atoms with E-state index in [9.17, 15) is 4.79 Å². The second-order valence-electron chi connectivity index (χ2n) is 5.57. The predicted octanol–water partition coefficient (Wildman–Crippen LogP) is 2.59. The summed E-state index contributed by atoms with van der Waals surface area (Å²) < 4.78 is 5.65. The molecule has 1 aromatic rings. The summed E-state index contributed by atoms with van der Waals surface area (Å²) in [7, 11) is 0. The molecule has 0 saturated heterocycles. The first-order valence-corrected chi connectivity index (χ1v) is 6.53. The molecule has 2 rings (SSSR count). The van der Waals surface area contributed by atoms with E-state index in [1.807, 2.05) is 26.0 Å². The van der Waals surface area contributed by atoms with Crippen molar-refractivity contribution >= 4 is 5.97 Å². The van der Waals surface area contributed by atoms with Crippen LogP contribution in [-0.4, -0.2) is 12.5 Å². The Morgan fingerprint density at radius 1 is 1.44 bits per heavy atom. The largest absolute Gasteiger partial charge is 0.457 e. The average molecular weight is 247 g/mol. The maximum atomic E-state index is 12.1. The lowest BCUT2D eigenvalue weighted by Gasteiger charge is -2.29. The highest BCUT2D eigenvalue weighted by Gasteiger charge is 2.31. The molecule has 1 aliphatic carbocycles. The predicted molar refractivity (Wildman–Crippen MR) is 71.0 cm³/mol. The molecule has 1 aliphatic rings. The summed E-state index contributed by atoms with van der Waals surface area (Å²) in [6.07, 6.45) is 2.94. The van der Waals surface area contributed by atoms with E-state index in [4.69, 9.17) is 10.5 Å². The molecule has 2 N–H and O–H groups in total. The van der Waals surface area contributed by atoms with E-state index in [2.05, 4.69) is 12.1 Å². The van der Waals surface area contributed by atoms with Crippen LogP contribution < -0.4 is 5.73 Å². The van der Waals surface area contributed by atoms with Gasteiger partial charge in [0.1, 0.15) is 6.10 Å². The Morgan fingerprint density at radius 3 is 2.89 bits per heavy atom. The molecule has 0 fully saturated rings. The molecule has 0 radical (unpaired) electrons. The summed E-state index contributed by atoms with van der Waals surface area (Å²) in [5.74, 6) is -0.202. The molecule has 3 heteroatoms. The molecule has 0 aromatic heterocycles. The van der Waals surface area contributed by atoms with Crippen LogP contribution >= 0.6 is 0 Å². The molecule has 3 nitrogen and oxygen atoms in total. The van der Waals surface area contributed by atoms with Gasteiger partial charge >= 0.3 is 5.97 Å². The van der Waals surface area contributed by atoms with Gasteiger partial charge in [-0.25, -0.2) is 0 Å². The van der Waals surface area contributed by atoms with Gasteiger partial charge < -0.3 is 10.5 Å². The highest BCUT2D eigenvalue weighted by Crippen LogP contribution is 2.33. The van der Waals surface area contributed by atoms with Gasteiger partial charge in [-0.2, -0.15) is 0 Å². The minimum Gasteiger partial charge on any atom is -0.457 e. The topological polar surface area (TPSA) is 52.3 Å². The minimum atomic E-state index is -0.605. The third kappa shape index (κ3) is 2.56. The molecule has 1 aromatic carbocycles. The number of fused-ring (bicyclic) bond motifs is 1. The average Bonchev–Trinajstić information content (AvgIpc) is 2.39. The monoisotopic (exact) mass is 247 g/mol. The molecule has 0 amide bonds. The lowest BCUT2D eigenvalue weighted by molar-refractivity contribution is -0.160. The Balaban J connectivity index is 2.15. The van der Waals surface area contributed by atoms with Gasteiger partial charge in [-0.3, -0.25) is 4.79 Å². The van der Waals surface area contributed by atoms with E-state index in [-0.39, 0.29) is 12.1 Å². The number of benzene rings is 1. The minimum absolute atomic E-state index is 0.103. The van der Waals surface area contributed by atoms with Crippen LogP contribution in [0.5, 0.6) is 0 Å². The zero-order chi connectivity index (χ0) is 13.2. The van der Waals surface area contributed by atoms with E-state index in [1.165, 1.54) is 5.56 Å². The standard InChI is InChI=1S/C15H21NO2/c1-15(2,10-16)14(17)18-13-9-5-7-11-6-3-4-8-12(11)13/h3-4,6,8,13H,5,7,9-10,16H2,1-2H3. The molecule has 1 unspecified atom stereocenters. The first kappa shape index (κ1) is 13.1. The van der Waals surface area contributed by atoms with Gasteiger partial charge in [0.15, 0.2) is 0 Å². The Hall–Kier alpha value is -1.35. The number of nitrogens with two attached hydrogens (primary N) is 1. The zero-order valence-electron chi connectivity index (χ0n) is 11.1. The van der Waals surface area contributed by atoms with Gasteiger partial charge in [-0.15, -0.1) is 0 Å². The quantitative estimate of drug-likeness (QED) is 0.835. The Kier molecular flexibility index (Phi) is 3.71. The number of aryl methyl sites for hydroxylation is 1. The fourth-order valence-electron chi connectivity index (χ4n) is 2.20.